The summed E-state index contributed by atoms with van der Waals surface area (Å²) < 4.78 is 54.6. The van der Waals surface area contributed by atoms with Crippen molar-refractivity contribution in [1.29, 1.82) is 0 Å². The van der Waals surface area contributed by atoms with E-state index in [4.69, 9.17) is 21.1 Å². The third kappa shape index (κ3) is 5.53. The molecule has 0 spiro atoms. The summed E-state index contributed by atoms with van der Waals surface area (Å²) in [6.45, 7) is 1.71. The average Bonchev–Trinajstić information content (AvgIpc) is 3.68. The summed E-state index contributed by atoms with van der Waals surface area (Å²) in [7, 11) is -2.57. The zero-order valence-electron chi connectivity index (χ0n) is 25.2. The highest BCUT2D eigenvalue weighted by Gasteiger charge is 2.82. The number of halogens is 2. The second-order valence-corrected chi connectivity index (χ2v) is 14.0. The number of nitrogens with zero attached hydrogens (tertiary/aromatic N) is 2. The molecule has 1 saturated carbocycles. The van der Waals surface area contributed by atoms with Crippen molar-refractivity contribution in [1.82, 2.24) is 19.9 Å². The molecule has 2 aromatic carbocycles. The van der Waals surface area contributed by atoms with E-state index >= 15 is 4.39 Å². The van der Waals surface area contributed by atoms with Gasteiger partial charge in [-0.3, -0.25) is 9.78 Å². The van der Waals surface area contributed by atoms with Gasteiger partial charge in [0, 0.05) is 54.2 Å². The summed E-state index contributed by atoms with van der Waals surface area (Å²) >= 11 is 6.16. The third-order valence-corrected chi connectivity index (χ3v) is 11.7. The van der Waals surface area contributed by atoms with Crippen LogP contribution in [0.3, 0.4) is 0 Å². The number of pyridine rings is 1. The number of sulfonamides is 1. The van der Waals surface area contributed by atoms with Gasteiger partial charge in [0.05, 0.1) is 36.7 Å². The highest BCUT2D eigenvalue weighted by Crippen LogP contribution is 2.67. The van der Waals surface area contributed by atoms with Gasteiger partial charge in [0.2, 0.25) is 10.0 Å². The number of amides is 2. The van der Waals surface area contributed by atoms with Gasteiger partial charge in [0.25, 0.3) is 5.91 Å². The Morgan fingerprint density at radius 3 is 2.67 bits per heavy atom. The number of hydrogen-bond donors (Lipinski definition) is 3. The normalized spacial score (nSPS) is 26.1. The molecule has 2 amide bonds. The van der Waals surface area contributed by atoms with E-state index in [0.717, 1.165) is 11.8 Å². The predicted molar refractivity (Wildman–Crippen MR) is 168 cm³/mol. The van der Waals surface area contributed by atoms with Crippen LogP contribution in [-0.4, -0.2) is 81.2 Å². The van der Waals surface area contributed by atoms with Gasteiger partial charge in [0.1, 0.15) is 11.4 Å². The van der Waals surface area contributed by atoms with Gasteiger partial charge in [-0.25, -0.2) is 17.6 Å². The van der Waals surface area contributed by atoms with Crippen LogP contribution in [0, 0.1) is 11.7 Å². The number of rotatable bonds is 9. The Hall–Kier alpha value is -3.62. The van der Waals surface area contributed by atoms with Crippen molar-refractivity contribution in [3.63, 3.8) is 0 Å². The summed E-state index contributed by atoms with van der Waals surface area (Å²) in [6.07, 6.45) is 2.46. The molecule has 4 atom stereocenters. The molecule has 46 heavy (non-hydrogen) atoms. The zero-order valence-corrected chi connectivity index (χ0v) is 26.7. The number of fused-ring (bicyclic) bond motifs is 1. The van der Waals surface area contributed by atoms with E-state index in [1.54, 1.807) is 42.5 Å². The summed E-state index contributed by atoms with van der Waals surface area (Å²) in [5, 5.41) is 9.43. The molecule has 3 aliphatic rings. The number of piperazine rings is 1. The smallest absolute Gasteiger partial charge is 0.407 e. The number of nitrogens with one attached hydrogen (secondary N) is 3. The number of ether oxygens (including phenoxy) is 2. The first-order chi connectivity index (χ1) is 22.1. The van der Waals surface area contributed by atoms with Crippen LogP contribution in [0.1, 0.15) is 24.0 Å². The average molecular weight is 672 g/mol. The van der Waals surface area contributed by atoms with E-state index in [9.17, 15) is 18.0 Å². The fourth-order valence-corrected chi connectivity index (χ4v) is 9.03. The molecule has 0 bridgehead atoms. The lowest BCUT2D eigenvalue weighted by Gasteiger charge is -2.35. The Labute approximate surface area is 271 Å². The van der Waals surface area contributed by atoms with Crippen molar-refractivity contribution in [2.45, 2.75) is 41.2 Å². The van der Waals surface area contributed by atoms with E-state index in [1.165, 1.54) is 17.6 Å². The molecule has 1 aliphatic carbocycles. The van der Waals surface area contributed by atoms with Crippen LogP contribution in [0.25, 0.3) is 0 Å². The minimum absolute atomic E-state index is 0.115. The summed E-state index contributed by atoms with van der Waals surface area (Å²) in [6, 6.07) is 14.9. The van der Waals surface area contributed by atoms with E-state index in [2.05, 4.69) is 20.9 Å². The molecule has 2 aliphatic heterocycles. The Morgan fingerprint density at radius 1 is 1.17 bits per heavy atom. The van der Waals surface area contributed by atoms with E-state index in [1.807, 2.05) is 12.1 Å². The van der Waals surface area contributed by atoms with Gasteiger partial charge in [-0.05, 0) is 49.1 Å². The van der Waals surface area contributed by atoms with Crippen molar-refractivity contribution in [3.8, 4) is 0 Å². The number of alkyl carbamates (subject to hydrolysis) is 1. The van der Waals surface area contributed by atoms with Crippen molar-refractivity contribution in [2.75, 3.05) is 45.3 Å². The molecule has 2 saturated heterocycles. The Morgan fingerprint density at radius 2 is 1.93 bits per heavy atom. The summed E-state index contributed by atoms with van der Waals surface area (Å²) in [5.74, 6) is -1.65. The first kappa shape index (κ1) is 32.3. The molecule has 0 radical (unpaired) electrons. The summed E-state index contributed by atoms with van der Waals surface area (Å²) in [4.78, 5) is 31.2. The number of hydrogen-bond acceptors (Lipinski definition) is 8. The largest absolute Gasteiger partial charge is 0.453 e. The van der Waals surface area contributed by atoms with Gasteiger partial charge in [-0.15, -0.1) is 0 Å². The van der Waals surface area contributed by atoms with Crippen molar-refractivity contribution >= 4 is 39.3 Å². The quantitative estimate of drug-likeness (QED) is 0.314. The number of carbonyl (C=O) groups excluding carboxylic acids is 2. The molecular formula is C32H35ClFN5O6S. The monoisotopic (exact) mass is 671 g/mol. The van der Waals surface area contributed by atoms with E-state index in [0.29, 0.717) is 31.1 Å². The maximum absolute atomic E-state index is 15.4. The second-order valence-electron chi connectivity index (χ2n) is 11.7. The van der Waals surface area contributed by atoms with Gasteiger partial charge in [0.15, 0.2) is 0 Å². The lowest BCUT2D eigenvalue weighted by atomic mass is 9.85. The van der Waals surface area contributed by atoms with Gasteiger partial charge in [-0.1, -0.05) is 41.9 Å². The third-order valence-electron chi connectivity index (χ3n) is 9.49. The van der Waals surface area contributed by atoms with Crippen LogP contribution >= 0.6 is 11.6 Å². The fraction of sp³-hybridized carbons (Fsp3) is 0.406. The second kappa shape index (κ2) is 12.9. The summed E-state index contributed by atoms with van der Waals surface area (Å²) in [5.41, 5.74) is -1.18. The van der Waals surface area contributed by atoms with Crippen LogP contribution in [0.15, 0.2) is 71.9 Å². The van der Waals surface area contributed by atoms with E-state index in [-0.39, 0.29) is 42.1 Å². The number of benzene rings is 2. The van der Waals surface area contributed by atoms with E-state index < -0.39 is 50.8 Å². The van der Waals surface area contributed by atoms with Crippen molar-refractivity contribution in [2.24, 2.45) is 5.92 Å². The molecular weight excluding hydrogens is 637 g/mol. The molecule has 11 nitrogen and oxygen atoms in total. The lowest BCUT2D eigenvalue weighted by molar-refractivity contribution is -0.119. The predicted octanol–water partition coefficient (Wildman–Crippen LogP) is 3.49. The molecule has 14 heteroatoms. The molecule has 3 unspecified atom stereocenters. The standard InChI is InChI=1S/C32H35ClFN5O6S/c1-44-30(41)38-32(28-20-45-16-13-31(28,32)21-7-9-22(33)10-8-21)29(40)37-27-19-36-18-26(34)25(27)12-11-23-17-35-14-15-39(23)46(42,43)24-5-3-2-4-6-24/h2-10,18-19,23,28,35H,11-17,20H2,1H3,(H,37,40)(H,38,41)/t23-,28?,31?,32?/m0/s1. The first-order valence-corrected chi connectivity index (χ1v) is 16.9. The number of aromatic nitrogens is 1. The van der Waals surface area contributed by atoms with Crippen molar-refractivity contribution in [3.05, 3.63) is 89.0 Å². The lowest BCUT2D eigenvalue weighted by Crippen LogP contribution is -2.53. The minimum atomic E-state index is -3.78. The molecule has 3 aromatic rings. The van der Waals surface area contributed by atoms with Crippen LogP contribution in [0.4, 0.5) is 14.9 Å². The Bertz CT molecular complexity index is 1720. The molecule has 6 rings (SSSR count). The molecule has 244 valence electrons. The molecule has 3 heterocycles. The zero-order chi connectivity index (χ0) is 32.5. The van der Waals surface area contributed by atoms with Crippen LogP contribution in [0.5, 0.6) is 0 Å². The number of carbonyl (C=O) groups is 2. The van der Waals surface area contributed by atoms with Gasteiger partial charge >= 0.3 is 6.09 Å². The molecule has 3 fully saturated rings. The minimum Gasteiger partial charge on any atom is -0.453 e. The first-order valence-electron chi connectivity index (χ1n) is 15.1. The van der Waals surface area contributed by atoms with Crippen LogP contribution in [-0.2, 0) is 36.1 Å². The highest BCUT2D eigenvalue weighted by atomic mass is 35.5. The maximum Gasteiger partial charge on any atom is 0.407 e. The number of methoxy groups -OCH3 is 1. The maximum atomic E-state index is 15.4. The highest BCUT2D eigenvalue weighted by molar-refractivity contribution is 7.89. The van der Waals surface area contributed by atoms with Crippen molar-refractivity contribution < 1.29 is 31.9 Å². The topological polar surface area (TPSA) is 139 Å². The Balaban J connectivity index is 1.28. The van der Waals surface area contributed by atoms with Crippen LogP contribution < -0.4 is 16.0 Å². The molecule has 3 N–H and O–H groups in total. The Kier molecular flexibility index (Phi) is 9.05. The number of anilines is 1. The fourth-order valence-electron chi connectivity index (χ4n) is 7.23. The van der Waals surface area contributed by atoms with Crippen LogP contribution in [0.2, 0.25) is 5.02 Å². The SMILES string of the molecule is COC(=O)NC1(C(=O)Nc2cncc(F)c2CC[C@H]2CNCCN2S(=O)(=O)c2ccccc2)C2COCCC21c1ccc(Cl)cc1. The van der Waals surface area contributed by atoms with Gasteiger partial charge in [-0.2, -0.15) is 4.31 Å². The molecule has 1 aromatic heterocycles. The van der Waals surface area contributed by atoms with Gasteiger partial charge < -0.3 is 25.4 Å².